The number of rotatable bonds is 2. The lowest BCUT2D eigenvalue weighted by atomic mass is 10.3. The summed E-state index contributed by atoms with van der Waals surface area (Å²) < 4.78 is 9.85. The van der Waals surface area contributed by atoms with Gasteiger partial charge in [0.05, 0.1) is 12.9 Å². The van der Waals surface area contributed by atoms with Crippen LogP contribution in [-0.2, 0) is 9.47 Å². The summed E-state index contributed by atoms with van der Waals surface area (Å²) in [5.41, 5.74) is 0. The van der Waals surface area contributed by atoms with Gasteiger partial charge >= 0.3 is 0 Å². The first kappa shape index (κ1) is 6.20. The van der Waals surface area contributed by atoms with Gasteiger partial charge in [0.25, 0.3) is 0 Å². The van der Waals surface area contributed by atoms with Gasteiger partial charge in [-0.25, -0.2) is 0 Å². The predicted octanol–water partition coefficient (Wildman–Crippen LogP) is 1.60. The van der Waals surface area contributed by atoms with Crippen LogP contribution in [-0.4, -0.2) is 6.61 Å². The molecule has 2 nitrogen and oxygen atoms in total. The SMILES string of the molecule is CCOC1=[C]OC=CC1. The summed E-state index contributed by atoms with van der Waals surface area (Å²) in [6, 6.07) is 0. The molecule has 0 fully saturated rings. The maximum atomic E-state index is 5.11. The third-order valence-corrected chi connectivity index (χ3v) is 0.959. The lowest BCUT2D eigenvalue weighted by Crippen LogP contribution is -1.94. The van der Waals surface area contributed by atoms with E-state index < -0.39 is 0 Å². The highest BCUT2D eigenvalue weighted by Crippen LogP contribution is 2.08. The minimum atomic E-state index is 0.680. The molecule has 49 valence electrons. The Labute approximate surface area is 54.8 Å². The van der Waals surface area contributed by atoms with Crippen LogP contribution in [0.2, 0.25) is 0 Å². The van der Waals surface area contributed by atoms with E-state index in [0.29, 0.717) is 6.61 Å². The van der Waals surface area contributed by atoms with Gasteiger partial charge in [-0.05, 0) is 13.0 Å². The van der Waals surface area contributed by atoms with Gasteiger partial charge in [-0.2, -0.15) is 0 Å². The summed E-state index contributed by atoms with van der Waals surface area (Å²) >= 11 is 0. The molecule has 0 saturated carbocycles. The van der Waals surface area contributed by atoms with Gasteiger partial charge in [0.15, 0.2) is 0 Å². The molecule has 1 radical (unpaired) electrons. The minimum Gasteiger partial charge on any atom is -0.494 e. The zero-order valence-corrected chi connectivity index (χ0v) is 5.39. The second-order valence-electron chi connectivity index (χ2n) is 1.65. The van der Waals surface area contributed by atoms with Gasteiger partial charge in [-0.1, -0.05) is 0 Å². The van der Waals surface area contributed by atoms with Gasteiger partial charge in [-0.15, -0.1) is 0 Å². The van der Waals surface area contributed by atoms with E-state index in [2.05, 4.69) is 6.26 Å². The minimum absolute atomic E-state index is 0.680. The van der Waals surface area contributed by atoms with Crippen LogP contribution in [0.1, 0.15) is 13.3 Å². The van der Waals surface area contributed by atoms with E-state index in [0.717, 1.165) is 12.2 Å². The number of hydrogen-bond donors (Lipinski definition) is 0. The third kappa shape index (κ3) is 1.80. The Bertz CT molecular complexity index is 136. The number of hydrogen-bond acceptors (Lipinski definition) is 2. The van der Waals surface area contributed by atoms with Gasteiger partial charge in [0, 0.05) is 6.42 Å². The first-order chi connectivity index (χ1) is 4.43. The first-order valence-corrected chi connectivity index (χ1v) is 2.98. The van der Waals surface area contributed by atoms with Gasteiger partial charge in [0.1, 0.15) is 5.76 Å². The molecular weight excluding hydrogens is 116 g/mol. The second-order valence-corrected chi connectivity index (χ2v) is 1.65. The Morgan fingerprint density at radius 1 is 1.89 bits per heavy atom. The van der Waals surface area contributed by atoms with Crippen molar-refractivity contribution in [2.75, 3.05) is 6.61 Å². The van der Waals surface area contributed by atoms with Crippen molar-refractivity contribution in [3.8, 4) is 0 Å². The molecule has 0 saturated heterocycles. The maximum absolute atomic E-state index is 5.11. The number of allylic oxidation sites excluding steroid dienone is 1. The predicted molar refractivity (Wildman–Crippen MR) is 33.2 cm³/mol. The average Bonchev–Trinajstić information content (AvgIpc) is 1.91. The van der Waals surface area contributed by atoms with Crippen molar-refractivity contribution in [2.24, 2.45) is 0 Å². The number of ether oxygens (including phenoxy) is 2. The molecule has 0 atom stereocenters. The molecule has 0 bridgehead atoms. The fourth-order valence-electron chi connectivity index (χ4n) is 0.607. The van der Waals surface area contributed by atoms with Crippen LogP contribution in [0.4, 0.5) is 0 Å². The molecule has 1 aliphatic heterocycles. The Kier molecular flexibility index (Phi) is 2.19. The van der Waals surface area contributed by atoms with Crippen molar-refractivity contribution in [1.29, 1.82) is 0 Å². The highest BCUT2D eigenvalue weighted by atomic mass is 16.5. The zero-order chi connectivity index (χ0) is 6.53. The van der Waals surface area contributed by atoms with E-state index >= 15 is 0 Å². The molecule has 0 spiro atoms. The Hall–Kier alpha value is -0.920. The van der Waals surface area contributed by atoms with Gasteiger partial charge in [0.2, 0.25) is 6.26 Å². The summed E-state index contributed by atoms with van der Waals surface area (Å²) in [4.78, 5) is 0. The van der Waals surface area contributed by atoms with Crippen molar-refractivity contribution in [3.63, 3.8) is 0 Å². The fraction of sp³-hybridized carbons (Fsp3) is 0.429. The summed E-state index contributed by atoms with van der Waals surface area (Å²) in [6.45, 7) is 2.62. The molecule has 0 amide bonds. The van der Waals surface area contributed by atoms with Crippen molar-refractivity contribution in [1.82, 2.24) is 0 Å². The molecule has 0 unspecified atom stereocenters. The molecule has 2 heteroatoms. The molecule has 0 N–H and O–H groups in total. The van der Waals surface area contributed by atoms with Gasteiger partial charge < -0.3 is 9.47 Å². The van der Waals surface area contributed by atoms with Crippen LogP contribution in [0.3, 0.4) is 0 Å². The van der Waals surface area contributed by atoms with E-state index in [1.165, 1.54) is 0 Å². The molecule has 9 heavy (non-hydrogen) atoms. The van der Waals surface area contributed by atoms with E-state index in [-0.39, 0.29) is 0 Å². The van der Waals surface area contributed by atoms with E-state index in [9.17, 15) is 0 Å². The first-order valence-electron chi connectivity index (χ1n) is 2.98. The highest BCUT2D eigenvalue weighted by Gasteiger charge is 1.98. The quantitative estimate of drug-likeness (QED) is 0.558. The third-order valence-electron chi connectivity index (χ3n) is 0.959. The van der Waals surface area contributed by atoms with Gasteiger partial charge in [-0.3, -0.25) is 0 Å². The van der Waals surface area contributed by atoms with E-state index in [1.54, 1.807) is 6.26 Å². The average molecular weight is 125 g/mol. The molecule has 0 aromatic rings. The molecule has 1 rings (SSSR count). The van der Waals surface area contributed by atoms with Crippen molar-refractivity contribution in [3.05, 3.63) is 24.4 Å². The lowest BCUT2D eigenvalue weighted by Gasteiger charge is -2.06. The fourth-order valence-corrected chi connectivity index (χ4v) is 0.607. The molecule has 1 aliphatic rings. The van der Waals surface area contributed by atoms with E-state index in [1.807, 2.05) is 13.0 Å². The molecule has 0 aromatic heterocycles. The van der Waals surface area contributed by atoms with Crippen molar-refractivity contribution >= 4 is 0 Å². The topological polar surface area (TPSA) is 18.5 Å². The Balaban J connectivity index is 2.32. The summed E-state index contributed by atoms with van der Waals surface area (Å²) in [5.74, 6) is 0.778. The highest BCUT2D eigenvalue weighted by molar-refractivity contribution is 4.97. The van der Waals surface area contributed by atoms with E-state index in [4.69, 9.17) is 9.47 Å². The molecule has 0 aliphatic carbocycles. The normalized spacial score (nSPS) is 16.3. The Morgan fingerprint density at radius 2 is 2.78 bits per heavy atom. The van der Waals surface area contributed by atoms with Crippen LogP contribution in [0.25, 0.3) is 0 Å². The Morgan fingerprint density at radius 3 is 3.33 bits per heavy atom. The smallest absolute Gasteiger partial charge is 0.210 e. The summed E-state index contributed by atoms with van der Waals surface area (Å²) in [5, 5.41) is 0. The van der Waals surface area contributed by atoms with Crippen LogP contribution in [0, 0.1) is 6.26 Å². The van der Waals surface area contributed by atoms with Crippen LogP contribution in [0.5, 0.6) is 0 Å². The molecule has 0 aromatic carbocycles. The summed E-state index contributed by atoms with van der Waals surface area (Å²) in [6.07, 6.45) is 6.92. The molecular formula is C7H9O2. The van der Waals surface area contributed by atoms with Crippen LogP contribution < -0.4 is 0 Å². The van der Waals surface area contributed by atoms with Crippen LogP contribution in [0.15, 0.2) is 18.1 Å². The largest absolute Gasteiger partial charge is 0.494 e. The monoisotopic (exact) mass is 125 g/mol. The zero-order valence-electron chi connectivity index (χ0n) is 5.39. The van der Waals surface area contributed by atoms with Crippen LogP contribution >= 0.6 is 0 Å². The molecule has 1 heterocycles. The standard InChI is InChI=1S/C7H9O2/c1-2-9-7-4-3-5-8-6-7/h3,5H,2,4H2,1H3. The lowest BCUT2D eigenvalue weighted by molar-refractivity contribution is 0.193. The second kappa shape index (κ2) is 3.17. The van der Waals surface area contributed by atoms with Crippen molar-refractivity contribution < 1.29 is 9.47 Å². The summed E-state index contributed by atoms with van der Waals surface area (Å²) in [7, 11) is 0. The van der Waals surface area contributed by atoms with Crippen molar-refractivity contribution in [2.45, 2.75) is 13.3 Å². The maximum Gasteiger partial charge on any atom is 0.210 e.